The van der Waals surface area contributed by atoms with Gasteiger partial charge < -0.3 is 15.0 Å². The fraction of sp³-hybridized carbons (Fsp3) is 0.625. The smallest absolute Gasteiger partial charge is 0.209 e. The van der Waals surface area contributed by atoms with Gasteiger partial charge in [-0.05, 0) is 50.3 Å². The summed E-state index contributed by atoms with van der Waals surface area (Å²) < 4.78 is 3.76. The van der Waals surface area contributed by atoms with Crippen LogP contribution in [-0.4, -0.2) is 42.0 Å². The van der Waals surface area contributed by atoms with Crippen LogP contribution in [0.25, 0.3) is 0 Å². The number of nitrogens with one attached hydrogen (secondary N) is 1. The Bertz CT molecular complexity index is 416. The van der Waals surface area contributed by atoms with Crippen molar-refractivity contribution in [3.8, 4) is 5.75 Å². The molecule has 0 saturated heterocycles. The summed E-state index contributed by atoms with van der Waals surface area (Å²) in [5, 5.41) is 3.35. The molecule has 0 aliphatic rings. The summed E-state index contributed by atoms with van der Waals surface area (Å²) in [5.41, 5.74) is 0.934. The van der Waals surface area contributed by atoms with Crippen LogP contribution >= 0.6 is 34.8 Å². The summed E-state index contributed by atoms with van der Waals surface area (Å²) in [6, 6.07) is 7.23. The first kappa shape index (κ1) is 19.9. The van der Waals surface area contributed by atoms with E-state index in [0.29, 0.717) is 0 Å². The van der Waals surface area contributed by atoms with Crippen LogP contribution in [0.5, 0.6) is 5.75 Å². The molecule has 1 atom stereocenters. The molecular formula is C16H25Cl3N2O. The van der Waals surface area contributed by atoms with Gasteiger partial charge in [0.2, 0.25) is 3.79 Å². The van der Waals surface area contributed by atoms with Crippen molar-refractivity contribution in [2.24, 2.45) is 0 Å². The Morgan fingerprint density at radius 2 is 1.73 bits per heavy atom. The zero-order chi connectivity index (χ0) is 16.6. The van der Waals surface area contributed by atoms with Gasteiger partial charge >= 0.3 is 0 Å². The average Bonchev–Trinajstić information content (AvgIpc) is 2.50. The molecule has 0 aromatic heterocycles. The Hall–Kier alpha value is -0.190. The molecule has 126 valence electrons. The Kier molecular flexibility index (Phi) is 8.88. The largest absolute Gasteiger partial charge is 0.497 e. The predicted octanol–water partition coefficient (Wildman–Crippen LogP) is 4.43. The van der Waals surface area contributed by atoms with Gasteiger partial charge in [-0.3, -0.25) is 0 Å². The minimum Gasteiger partial charge on any atom is -0.497 e. The van der Waals surface area contributed by atoms with Gasteiger partial charge in [0.25, 0.3) is 0 Å². The number of methoxy groups -OCH3 is 1. The van der Waals surface area contributed by atoms with Gasteiger partial charge in [0.1, 0.15) is 5.75 Å². The van der Waals surface area contributed by atoms with Crippen molar-refractivity contribution in [1.82, 2.24) is 10.2 Å². The Balaban J connectivity index is 2.62. The number of nitrogens with zero attached hydrogens (tertiary/aromatic N) is 1. The Morgan fingerprint density at radius 1 is 1.14 bits per heavy atom. The number of alkyl halides is 3. The first-order chi connectivity index (χ1) is 10.4. The van der Waals surface area contributed by atoms with Crippen LogP contribution in [-0.2, 0) is 0 Å². The molecule has 0 fully saturated rings. The van der Waals surface area contributed by atoms with Crippen molar-refractivity contribution >= 4 is 34.8 Å². The van der Waals surface area contributed by atoms with E-state index in [1.807, 2.05) is 24.3 Å². The van der Waals surface area contributed by atoms with Gasteiger partial charge in [-0.15, -0.1) is 0 Å². The molecular weight excluding hydrogens is 343 g/mol. The SMILES string of the molecule is CCN(CC)CCCN[C@H](c1ccc(OC)cc1)C(Cl)(Cl)Cl. The second-order valence-corrected chi connectivity index (χ2v) is 7.45. The molecule has 0 bridgehead atoms. The fourth-order valence-corrected chi connectivity index (χ4v) is 2.92. The lowest BCUT2D eigenvalue weighted by Crippen LogP contribution is -2.34. The molecule has 0 unspecified atom stereocenters. The summed E-state index contributed by atoms with van der Waals surface area (Å²) in [7, 11) is 1.63. The van der Waals surface area contributed by atoms with Crippen LogP contribution in [0.2, 0.25) is 0 Å². The Morgan fingerprint density at radius 3 is 2.18 bits per heavy atom. The second kappa shape index (κ2) is 9.84. The molecule has 0 aliphatic carbocycles. The number of rotatable bonds is 9. The second-order valence-electron chi connectivity index (χ2n) is 5.08. The standard InChI is InChI=1S/C16H25Cl3N2O/c1-4-21(5-2)12-6-11-20-15(16(17,18)19)13-7-9-14(22-3)10-8-13/h7-10,15,20H,4-6,11-12H2,1-3H3/t15-/m1/s1. The highest BCUT2D eigenvalue weighted by Gasteiger charge is 2.33. The third kappa shape index (κ3) is 6.51. The highest BCUT2D eigenvalue weighted by molar-refractivity contribution is 6.68. The third-order valence-corrected chi connectivity index (χ3v) is 4.33. The summed E-state index contributed by atoms with van der Waals surface area (Å²) in [4.78, 5) is 2.37. The lowest BCUT2D eigenvalue weighted by molar-refractivity contribution is 0.295. The van der Waals surface area contributed by atoms with E-state index in [9.17, 15) is 0 Å². The minimum absolute atomic E-state index is 0.347. The van der Waals surface area contributed by atoms with Crippen LogP contribution in [0.1, 0.15) is 31.9 Å². The van der Waals surface area contributed by atoms with E-state index in [0.717, 1.165) is 43.9 Å². The molecule has 0 radical (unpaired) electrons. The molecule has 1 N–H and O–H groups in total. The minimum atomic E-state index is -1.40. The highest BCUT2D eigenvalue weighted by atomic mass is 35.6. The van der Waals surface area contributed by atoms with Crippen LogP contribution in [0.3, 0.4) is 0 Å². The van der Waals surface area contributed by atoms with Crippen LogP contribution in [0.15, 0.2) is 24.3 Å². The molecule has 0 saturated carbocycles. The van der Waals surface area contributed by atoms with Gasteiger partial charge in [-0.1, -0.05) is 60.8 Å². The molecule has 6 heteroatoms. The van der Waals surface area contributed by atoms with Gasteiger partial charge in [0, 0.05) is 0 Å². The van der Waals surface area contributed by atoms with Crippen LogP contribution in [0, 0.1) is 0 Å². The number of hydrogen-bond donors (Lipinski definition) is 1. The summed E-state index contributed by atoms with van der Waals surface area (Å²) in [6.45, 7) is 8.28. The molecule has 0 amide bonds. The van der Waals surface area contributed by atoms with E-state index >= 15 is 0 Å². The van der Waals surface area contributed by atoms with Crippen molar-refractivity contribution in [3.05, 3.63) is 29.8 Å². The fourth-order valence-electron chi connectivity index (χ4n) is 2.31. The molecule has 3 nitrogen and oxygen atoms in total. The van der Waals surface area contributed by atoms with Gasteiger partial charge in [0.15, 0.2) is 0 Å². The zero-order valence-electron chi connectivity index (χ0n) is 13.4. The quantitative estimate of drug-likeness (QED) is 0.516. The third-order valence-electron chi connectivity index (χ3n) is 3.67. The summed E-state index contributed by atoms with van der Waals surface area (Å²) in [5.74, 6) is 0.786. The molecule has 0 aliphatic heterocycles. The monoisotopic (exact) mass is 366 g/mol. The van der Waals surface area contributed by atoms with Gasteiger partial charge in [0.05, 0.1) is 13.2 Å². The average molecular weight is 368 g/mol. The van der Waals surface area contributed by atoms with E-state index in [4.69, 9.17) is 39.5 Å². The van der Waals surface area contributed by atoms with Crippen molar-refractivity contribution in [1.29, 1.82) is 0 Å². The van der Waals surface area contributed by atoms with E-state index in [1.54, 1.807) is 7.11 Å². The zero-order valence-corrected chi connectivity index (χ0v) is 15.7. The number of benzene rings is 1. The van der Waals surface area contributed by atoms with Crippen LogP contribution in [0.4, 0.5) is 0 Å². The van der Waals surface area contributed by atoms with E-state index in [-0.39, 0.29) is 6.04 Å². The maximum Gasteiger partial charge on any atom is 0.209 e. The topological polar surface area (TPSA) is 24.5 Å². The first-order valence-corrected chi connectivity index (χ1v) is 8.72. The molecule has 1 rings (SSSR count). The van der Waals surface area contributed by atoms with Crippen molar-refractivity contribution < 1.29 is 4.74 Å². The summed E-state index contributed by atoms with van der Waals surface area (Å²) >= 11 is 18.4. The molecule has 0 heterocycles. The molecule has 22 heavy (non-hydrogen) atoms. The molecule has 0 spiro atoms. The van der Waals surface area contributed by atoms with Crippen molar-refractivity contribution in [3.63, 3.8) is 0 Å². The Labute approximate surface area is 148 Å². The van der Waals surface area contributed by atoms with Gasteiger partial charge in [-0.2, -0.15) is 0 Å². The van der Waals surface area contributed by atoms with E-state index in [1.165, 1.54) is 0 Å². The van der Waals surface area contributed by atoms with Gasteiger partial charge in [-0.25, -0.2) is 0 Å². The first-order valence-electron chi connectivity index (χ1n) is 7.58. The predicted molar refractivity (Wildman–Crippen MR) is 96.4 cm³/mol. The lowest BCUT2D eigenvalue weighted by atomic mass is 10.1. The molecule has 1 aromatic carbocycles. The maximum atomic E-state index is 6.13. The number of hydrogen-bond acceptors (Lipinski definition) is 3. The highest BCUT2D eigenvalue weighted by Crippen LogP contribution is 2.40. The van der Waals surface area contributed by atoms with Crippen molar-refractivity contribution in [2.45, 2.75) is 30.1 Å². The lowest BCUT2D eigenvalue weighted by Gasteiger charge is -2.27. The number of halogens is 3. The van der Waals surface area contributed by atoms with Crippen LogP contribution < -0.4 is 10.1 Å². The van der Waals surface area contributed by atoms with E-state index < -0.39 is 3.79 Å². The van der Waals surface area contributed by atoms with E-state index in [2.05, 4.69) is 24.1 Å². The normalized spacial score (nSPS) is 13.4. The summed E-state index contributed by atoms with van der Waals surface area (Å²) in [6.07, 6.45) is 1.01. The van der Waals surface area contributed by atoms with Crippen molar-refractivity contribution in [2.75, 3.05) is 33.3 Å². The maximum absolute atomic E-state index is 6.13. The number of ether oxygens (including phenoxy) is 1. The molecule has 1 aromatic rings.